The smallest absolute Gasteiger partial charge is 0.191 e. The Labute approximate surface area is 159 Å². The van der Waals surface area contributed by atoms with Gasteiger partial charge in [0.1, 0.15) is 11.5 Å². The maximum absolute atomic E-state index is 9.98. The van der Waals surface area contributed by atoms with Gasteiger partial charge in [0.05, 0.1) is 7.11 Å². The van der Waals surface area contributed by atoms with E-state index >= 15 is 0 Å². The van der Waals surface area contributed by atoms with Gasteiger partial charge < -0.3 is 25.5 Å². The summed E-state index contributed by atoms with van der Waals surface area (Å²) >= 11 is 0. The number of H-pyrrole nitrogens is 1. The lowest BCUT2D eigenvalue weighted by atomic mass is 10.1. The summed E-state index contributed by atoms with van der Waals surface area (Å²) in [5, 5.41) is 17.8. The quantitative estimate of drug-likeness (QED) is 0.399. The maximum Gasteiger partial charge on any atom is 0.191 e. The van der Waals surface area contributed by atoms with Gasteiger partial charge in [-0.15, -0.1) is 0 Å². The number of aromatic hydroxyl groups is 1. The number of hydrogen-bond acceptors (Lipinski definition) is 3. The maximum atomic E-state index is 9.98. The van der Waals surface area contributed by atoms with Crippen LogP contribution in [0, 0.1) is 6.92 Å². The van der Waals surface area contributed by atoms with Gasteiger partial charge in [0.15, 0.2) is 5.96 Å². The molecule has 3 rings (SSSR count). The molecule has 0 spiro atoms. The van der Waals surface area contributed by atoms with Gasteiger partial charge in [-0.3, -0.25) is 4.99 Å². The summed E-state index contributed by atoms with van der Waals surface area (Å²) in [6.45, 7) is 3.30. The zero-order valence-corrected chi connectivity index (χ0v) is 16.0. The number of benzene rings is 2. The molecule has 0 atom stereocenters. The molecule has 142 valence electrons. The number of aromatic nitrogens is 1. The van der Waals surface area contributed by atoms with Gasteiger partial charge in [0, 0.05) is 42.8 Å². The second-order valence-corrected chi connectivity index (χ2v) is 6.46. The van der Waals surface area contributed by atoms with Crippen molar-refractivity contribution in [3.05, 3.63) is 59.3 Å². The minimum atomic E-state index is 0.229. The molecule has 0 saturated carbocycles. The summed E-state index contributed by atoms with van der Waals surface area (Å²) in [6, 6.07) is 11.6. The highest BCUT2D eigenvalue weighted by atomic mass is 16.5. The molecule has 6 heteroatoms. The molecule has 2 aromatic carbocycles. The molecule has 0 bridgehead atoms. The van der Waals surface area contributed by atoms with Gasteiger partial charge >= 0.3 is 0 Å². The Morgan fingerprint density at radius 2 is 2.00 bits per heavy atom. The van der Waals surface area contributed by atoms with E-state index in [1.54, 1.807) is 26.3 Å². The lowest BCUT2D eigenvalue weighted by molar-refractivity contribution is 0.410. The number of guanidine groups is 1. The van der Waals surface area contributed by atoms with Gasteiger partial charge in [-0.1, -0.05) is 12.1 Å². The average Bonchev–Trinajstić information content (AvgIpc) is 3.07. The first-order chi connectivity index (χ1) is 13.1. The fourth-order valence-corrected chi connectivity index (χ4v) is 3.05. The van der Waals surface area contributed by atoms with E-state index < -0.39 is 0 Å². The Morgan fingerprint density at radius 1 is 1.15 bits per heavy atom. The van der Waals surface area contributed by atoms with E-state index in [1.807, 2.05) is 6.07 Å². The lowest BCUT2D eigenvalue weighted by Gasteiger charge is -2.13. The van der Waals surface area contributed by atoms with Crippen molar-refractivity contribution in [3.8, 4) is 11.5 Å². The van der Waals surface area contributed by atoms with Crippen LogP contribution in [0.2, 0.25) is 0 Å². The molecule has 0 saturated heterocycles. The third-order valence-corrected chi connectivity index (χ3v) is 4.57. The molecule has 1 aromatic heterocycles. The summed E-state index contributed by atoms with van der Waals surface area (Å²) in [4.78, 5) is 7.57. The van der Waals surface area contributed by atoms with Crippen LogP contribution in [0.5, 0.6) is 11.5 Å². The molecule has 0 fully saturated rings. The number of nitrogens with one attached hydrogen (secondary N) is 3. The standard InChI is InChI=1S/C21H26N4O2/c1-14-4-6-18-15(12-24-19(18)10-14)8-9-23-21(22-2)25-13-16-11-17(27-3)5-7-20(16)26/h4-7,10-12,24,26H,8-9,13H2,1-3H3,(H2,22,23,25). The Hall–Kier alpha value is -3.15. The van der Waals surface area contributed by atoms with Crippen molar-refractivity contribution in [2.45, 2.75) is 19.9 Å². The van der Waals surface area contributed by atoms with Crippen LogP contribution in [-0.2, 0) is 13.0 Å². The van der Waals surface area contributed by atoms with Crippen LogP contribution >= 0.6 is 0 Å². The zero-order chi connectivity index (χ0) is 19.2. The highest BCUT2D eigenvalue weighted by Gasteiger charge is 2.06. The minimum absolute atomic E-state index is 0.229. The number of phenols is 1. The predicted molar refractivity (Wildman–Crippen MR) is 110 cm³/mol. The van der Waals surface area contributed by atoms with Crippen molar-refractivity contribution in [3.63, 3.8) is 0 Å². The number of aliphatic imine (C=N–C) groups is 1. The minimum Gasteiger partial charge on any atom is -0.508 e. The molecule has 3 aromatic rings. The Morgan fingerprint density at radius 3 is 2.78 bits per heavy atom. The summed E-state index contributed by atoms with van der Waals surface area (Å²) in [5.41, 5.74) is 4.45. The van der Waals surface area contributed by atoms with E-state index in [-0.39, 0.29) is 5.75 Å². The molecule has 0 aliphatic carbocycles. The highest BCUT2D eigenvalue weighted by molar-refractivity contribution is 5.84. The fraction of sp³-hybridized carbons (Fsp3) is 0.286. The van der Waals surface area contributed by atoms with E-state index in [2.05, 4.69) is 51.9 Å². The van der Waals surface area contributed by atoms with Crippen LogP contribution in [0.25, 0.3) is 10.9 Å². The van der Waals surface area contributed by atoms with Crippen LogP contribution in [0.15, 0.2) is 47.6 Å². The molecular formula is C21H26N4O2. The first-order valence-corrected chi connectivity index (χ1v) is 8.97. The molecule has 27 heavy (non-hydrogen) atoms. The number of hydrogen-bond donors (Lipinski definition) is 4. The molecule has 0 amide bonds. The monoisotopic (exact) mass is 366 g/mol. The number of aromatic amines is 1. The summed E-state index contributed by atoms with van der Waals surface area (Å²) in [7, 11) is 3.34. The van der Waals surface area contributed by atoms with E-state index in [0.29, 0.717) is 18.3 Å². The third kappa shape index (κ3) is 4.53. The lowest BCUT2D eigenvalue weighted by Crippen LogP contribution is -2.37. The summed E-state index contributed by atoms with van der Waals surface area (Å²) in [6.07, 6.45) is 2.95. The second-order valence-electron chi connectivity index (χ2n) is 6.46. The second kappa shape index (κ2) is 8.49. The number of aryl methyl sites for hydroxylation is 1. The molecular weight excluding hydrogens is 340 g/mol. The number of methoxy groups -OCH3 is 1. The van der Waals surface area contributed by atoms with E-state index in [0.717, 1.165) is 18.5 Å². The van der Waals surface area contributed by atoms with E-state index in [9.17, 15) is 5.11 Å². The first-order valence-electron chi connectivity index (χ1n) is 8.97. The Bertz CT molecular complexity index is 947. The van der Waals surface area contributed by atoms with E-state index in [1.165, 1.54) is 22.0 Å². The van der Waals surface area contributed by atoms with Crippen molar-refractivity contribution < 1.29 is 9.84 Å². The number of fused-ring (bicyclic) bond motifs is 1. The van der Waals surface area contributed by atoms with Gasteiger partial charge in [0.2, 0.25) is 0 Å². The third-order valence-electron chi connectivity index (χ3n) is 4.57. The molecule has 4 N–H and O–H groups in total. The largest absolute Gasteiger partial charge is 0.508 e. The number of nitrogens with zero attached hydrogens (tertiary/aromatic N) is 1. The molecule has 6 nitrogen and oxygen atoms in total. The topological polar surface area (TPSA) is 81.7 Å². The highest BCUT2D eigenvalue weighted by Crippen LogP contribution is 2.22. The molecule has 1 heterocycles. The molecule has 0 aliphatic heterocycles. The van der Waals surface area contributed by atoms with E-state index in [4.69, 9.17) is 4.74 Å². The molecule has 0 radical (unpaired) electrons. The Kier molecular flexibility index (Phi) is 5.86. The number of rotatable bonds is 6. The van der Waals surface area contributed by atoms with Crippen molar-refractivity contribution in [2.75, 3.05) is 20.7 Å². The Balaban J connectivity index is 1.55. The van der Waals surface area contributed by atoms with Crippen molar-refractivity contribution in [1.29, 1.82) is 0 Å². The van der Waals surface area contributed by atoms with Gasteiger partial charge in [0.25, 0.3) is 0 Å². The first kappa shape index (κ1) is 18.6. The van der Waals surface area contributed by atoms with Gasteiger partial charge in [-0.2, -0.15) is 0 Å². The van der Waals surface area contributed by atoms with Gasteiger partial charge in [-0.05, 0) is 48.7 Å². The molecule has 0 aliphatic rings. The van der Waals surface area contributed by atoms with Crippen molar-refractivity contribution >= 4 is 16.9 Å². The van der Waals surface area contributed by atoms with Crippen LogP contribution in [0.3, 0.4) is 0 Å². The fourth-order valence-electron chi connectivity index (χ4n) is 3.05. The van der Waals surface area contributed by atoms with Crippen LogP contribution < -0.4 is 15.4 Å². The van der Waals surface area contributed by atoms with Crippen LogP contribution in [0.1, 0.15) is 16.7 Å². The van der Waals surface area contributed by atoms with Crippen molar-refractivity contribution in [1.82, 2.24) is 15.6 Å². The predicted octanol–water partition coefficient (Wildman–Crippen LogP) is 3.10. The summed E-state index contributed by atoms with van der Waals surface area (Å²) in [5.74, 6) is 1.63. The van der Waals surface area contributed by atoms with Crippen LogP contribution in [0.4, 0.5) is 0 Å². The SMILES string of the molecule is CN=C(NCCc1c[nH]c2cc(C)ccc12)NCc1cc(OC)ccc1O. The van der Waals surface area contributed by atoms with Gasteiger partial charge in [-0.25, -0.2) is 0 Å². The summed E-state index contributed by atoms with van der Waals surface area (Å²) < 4.78 is 5.20. The number of phenolic OH excluding ortho intramolecular Hbond substituents is 1. The number of ether oxygens (including phenoxy) is 1. The van der Waals surface area contributed by atoms with Crippen LogP contribution in [-0.4, -0.2) is 36.8 Å². The normalized spacial score (nSPS) is 11.6. The zero-order valence-electron chi connectivity index (χ0n) is 16.0. The molecule has 0 unspecified atom stereocenters. The average molecular weight is 366 g/mol. The van der Waals surface area contributed by atoms with Crippen molar-refractivity contribution in [2.24, 2.45) is 4.99 Å².